The Hall–Kier alpha value is -2.39. The Labute approximate surface area is 133 Å². The molecule has 0 spiro atoms. The van der Waals surface area contributed by atoms with Crippen molar-refractivity contribution in [2.75, 3.05) is 12.4 Å². The molecule has 0 amide bonds. The lowest BCUT2D eigenvalue weighted by molar-refractivity contribution is -0.113. The first-order valence-corrected chi connectivity index (χ1v) is 8.33. The summed E-state index contributed by atoms with van der Waals surface area (Å²) in [4.78, 5) is 12.2. The number of Topliss-reactive ketones (excluding diaryl/α,β-unsaturated/α-hetero) is 1. The Morgan fingerprint density at radius 3 is 2.91 bits per heavy atom. The highest BCUT2D eigenvalue weighted by Gasteiger charge is 2.23. The molecule has 0 radical (unpaired) electrons. The zero-order valence-corrected chi connectivity index (χ0v) is 13.3. The Morgan fingerprint density at radius 2 is 2.22 bits per heavy atom. The maximum atomic E-state index is 12.2. The summed E-state index contributed by atoms with van der Waals surface area (Å²) in [5, 5.41) is 6.85. The molecule has 0 saturated carbocycles. The van der Waals surface area contributed by atoms with E-state index in [1.807, 2.05) is 19.1 Å². The predicted molar refractivity (Wildman–Crippen MR) is 84.2 cm³/mol. The van der Waals surface area contributed by atoms with Crippen molar-refractivity contribution in [3.8, 4) is 5.75 Å². The van der Waals surface area contributed by atoms with Crippen LogP contribution in [0.1, 0.15) is 17.5 Å². The van der Waals surface area contributed by atoms with Crippen molar-refractivity contribution in [2.45, 2.75) is 13.3 Å². The van der Waals surface area contributed by atoms with Crippen LogP contribution in [0.15, 0.2) is 23.8 Å². The number of carbonyl (C=O) groups is 1. The van der Waals surface area contributed by atoms with Crippen molar-refractivity contribution in [1.29, 1.82) is 5.41 Å². The number of ketones is 1. The van der Waals surface area contributed by atoms with E-state index in [0.29, 0.717) is 17.7 Å². The molecule has 4 N–H and O–H groups in total. The summed E-state index contributed by atoms with van der Waals surface area (Å²) < 4.78 is 33.2. The third kappa shape index (κ3) is 4.54. The summed E-state index contributed by atoms with van der Waals surface area (Å²) in [6.45, 7) is 2.17. The molecule has 0 fully saturated rings. The topological polar surface area (TPSA) is 132 Å². The minimum Gasteiger partial charge on any atom is -0.492 e. The molecule has 0 unspecified atom stereocenters. The first kappa shape index (κ1) is 17.0. The van der Waals surface area contributed by atoms with Crippen LogP contribution in [0.3, 0.4) is 0 Å². The van der Waals surface area contributed by atoms with E-state index in [2.05, 4.69) is 4.28 Å². The van der Waals surface area contributed by atoms with Crippen LogP contribution >= 0.6 is 0 Å². The highest BCUT2D eigenvalue weighted by molar-refractivity contribution is 7.87. The molecule has 1 aliphatic heterocycles. The van der Waals surface area contributed by atoms with Crippen LogP contribution in [0.25, 0.3) is 6.08 Å². The third-order valence-corrected chi connectivity index (χ3v) is 4.09. The van der Waals surface area contributed by atoms with Crippen molar-refractivity contribution >= 4 is 27.9 Å². The molecular weight excluding hydrogens is 322 g/mol. The van der Waals surface area contributed by atoms with Crippen LogP contribution in [0.5, 0.6) is 5.75 Å². The summed E-state index contributed by atoms with van der Waals surface area (Å²) in [5.74, 6) is -1.42. The average Bonchev–Trinajstić information content (AvgIpc) is 2.68. The van der Waals surface area contributed by atoms with Gasteiger partial charge >= 0.3 is 0 Å². The number of nitrogens with one attached hydrogen (secondary N) is 2. The van der Waals surface area contributed by atoms with Crippen LogP contribution in [0.4, 0.5) is 0 Å². The SMILES string of the molecule is Cc1cccc2c1OCCC(C(=O)CS(=O)(=O)ONC(=N)N)=C2. The first-order chi connectivity index (χ1) is 10.8. The second-order valence-corrected chi connectivity index (χ2v) is 6.56. The minimum atomic E-state index is -4.19. The fourth-order valence-electron chi connectivity index (χ4n) is 2.12. The molecule has 1 heterocycles. The van der Waals surface area contributed by atoms with Crippen molar-refractivity contribution < 1.29 is 22.2 Å². The van der Waals surface area contributed by atoms with Gasteiger partial charge in [0, 0.05) is 17.6 Å². The number of fused-ring (bicyclic) bond motifs is 1. The van der Waals surface area contributed by atoms with E-state index in [-0.39, 0.29) is 6.61 Å². The van der Waals surface area contributed by atoms with Gasteiger partial charge in [0.2, 0.25) is 5.96 Å². The second-order valence-electron chi connectivity index (χ2n) is 4.99. The molecule has 1 aromatic carbocycles. The van der Waals surface area contributed by atoms with Crippen LogP contribution in [0.2, 0.25) is 0 Å². The summed E-state index contributed by atoms with van der Waals surface area (Å²) >= 11 is 0. The number of para-hydroxylation sites is 1. The number of hydrogen-bond acceptors (Lipinski definition) is 6. The molecule has 124 valence electrons. The summed E-state index contributed by atoms with van der Waals surface area (Å²) in [5.41, 5.74) is 8.64. The van der Waals surface area contributed by atoms with Gasteiger partial charge in [-0.05, 0) is 18.6 Å². The summed E-state index contributed by atoms with van der Waals surface area (Å²) in [6.07, 6.45) is 1.92. The maximum Gasteiger partial charge on any atom is 0.295 e. The van der Waals surface area contributed by atoms with Gasteiger partial charge in [0.15, 0.2) is 5.78 Å². The van der Waals surface area contributed by atoms with E-state index >= 15 is 0 Å². The number of ether oxygens (including phenoxy) is 1. The van der Waals surface area contributed by atoms with Gasteiger partial charge in [0.05, 0.1) is 6.61 Å². The van der Waals surface area contributed by atoms with E-state index in [1.165, 1.54) is 0 Å². The molecule has 1 aromatic rings. The van der Waals surface area contributed by atoms with Crippen molar-refractivity contribution in [3.63, 3.8) is 0 Å². The molecule has 0 bridgehead atoms. The average molecular weight is 339 g/mol. The van der Waals surface area contributed by atoms with Crippen LogP contribution in [-0.2, 0) is 19.2 Å². The minimum absolute atomic E-state index is 0.280. The quantitative estimate of drug-likeness (QED) is 0.404. The fourth-order valence-corrected chi connectivity index (χ4v) is 2.90. The normalized spacial score (nSPS) is 14.0. The molecule has 0 saturated heterocycles. The number of carbonyl (C=O) groups excluding carboxylic acids is 1. The molecule has 0 aliphatic carbocycles. The predicted octanol–water partition coefficient (Wildman–Crippen LogP) is 0.474. The van der Waals surface area contributed by atoms with E-state index in [0.717, 1.165) is 11.1 Å². The van der Waals surface area contributed by atoms with Gasteiger partial charge in [0.25, 0.3) is 10.1 Å². The van der Waals surface area contributed by atoms with Crippen molar-refractivity contribution in [1.82, 2.24) is 5.48 Å². The Balaban J connectivity index is 2.18. The van der Waals surface area contributed by atoms with Gasteiger partial charge < -0.3 is 10.5 Å². The van der Waals surface area contributed by atoms with Gasteiger partial charge in [0.1, 0.15) is 11.5 Å². The van der Waals surface area contributed by atoms with E-state index in [9.17, 15) is 13.2 Å². The molecule has 0 atom stereocenters. The highest BCUT2D eigenvalue weighted by atomic mass is 32.2. The maximum absolute atomic E-state index is 12.2. The van der Waals surface area contributed by atoms with Gasteiger partial charge in [-0.25, -0.2) is 5.48 Å². The molecule has 2 rings (SSSR count). The van der Waals surface area contributed by atoms with Crippen LogP contribution in [-0.4, -0.2) is 32.5 Å². The molecule has 8 nitrogen and oxygen atoms in total. The highest BCUT2D eigenvalue weighted by Crippen LogP contribution is 2.29. The molecule has 0 aromatic heterocycles. The Kier molecular flexibility index (Phi) is 5.02. The summed E-state index contributed by atoms with van der Waals surface area (Å²) in [6, 6.07) is 5.52. The first-order valence-electron chi connectivity index (χ1n) is 6.76. The standard InChI is InChI=1S/C14H17N3O5S/c1-9-3-2-4-11-7-10(5-6-21-13(9)11)12(18)8-23(19,20)22-17-14(15)16/h2-4,7H,5-6,8H2,1H3,(H4,15,16,17). The van der Waals surface area contributed by atoms with Crippen molar-refractivity contribution in [2.24, 2.45) is 5.73 Å². The number of hydrogen-bond donors (Lipinski definition) is 3. The number of aryl methyl sites for hydroxylation is 1. The Bertz CT molecular complexity index is 771. The lowest BCUT2D eigenvalue weighted by atomic mass is 10.0. The van der Waals surface area contributed by atoms with Gasteiger partial charge in [-0.1, -0.05) is 18.2 Å². The van der Waals surface area contributed by atoms with Crippen LogP contribution in [0, 0.1) is 12.3 Å². The molecular formula is C14H17N3O5S. The lowest BCUT2D eigenvalue weighted by Crippen LogP contribution is -2.34. The summed E-state index contributed by atoms with van der Waals surface area (Å²) in [7, 11) is -4.19. The van der Waals surface area contributed by atoms with Crippen LogP contribution < -0.4 is 16.0 Å². The van der Waals surface area contributed by atoms with E-state index in [4.69, 9.17) is 15.9 Å². The van der Waals surface area contributed by atoms with Gasteiger partial charge in [-0.2, -0.15) is 8.42 Å². The number of rotatable bonds is 5. The largest absolute Gasteiger partial charge is 0.492 e. The van der Waals surface area contributed by atoms with E-state index in [1.54, 1.807) is 17.6 Å². The fraction of sp³-hybridized carbons (Fsp3) is 0.286. The molecule has 23 heavy (non-hydrogen) atoms. The zero-order valence-electron chi connectivity index (χ0n) is 12.5. The van der Waals surface area contributed by atoms with Gasteiger partial charge in [-0.15, -0.1) is 4.28 Å². The lowest BCUT2D eigenvalue weighted by Gasteiger charge is -2.08. The number of hydroxylamine groups is 1. The van der Waals surface area contributed by atoms with Gasteiger partial charge in [-0.3, -0.25) is 10.2 Å². The number of nitrogens with two attached hydrogens (primary N) is 1. The monoisotopic (exact) mass is 339 g/mol. The second kappa shape index (κ2) is 6.80. The van der Waals surface area contributed by atoms with E-state index < -0.39 is 27.6 Å². The number of guanidine groups is 1. The molecule has 9 heteroatoms. The third-order valence-electron chi connectivity index (χ3n) is 3.13. The van der Waals surface area contributed by atoms with Crippen molar-refractivity contribution in [3.05, 3.63) is 34.9 Å². The number of benzene rings is 1. The zero-order chi connectivity index (χ0) is 17.0. The smallest absolute Gasteiger partial charge is 0.295 e. The Morgan fingerprint density at radius 1 is 1.48 bits per heavy atom. The molecule has 1 aliphatic rings.